The molecule has 0 spiro atoms. The Balaban J connectivity index is 3.84. The van der Waals surface area contributed by atoms with Gasteiger partial charge in [-0.1, -0.05) is 0 Å². The molecule has 1 rings (SSSR count). The highest BCUT2D eigenvalue weighted by Crippen LogP contribution is 2.38. The van der Waals surface area contributed by atoms with E-state index in [-0.39, 0.29) is 6.07 Å². The zero-order valence-electron chi connectivity index (χ0n) is 10.2. The van der Waals surface area contributed by atoms with Gasteiger partial charge in [0.25, 0.3) is 9.84 Å². The molecule has 5 nitrogen and oxygen atoms in total. The number of aromatic nitrogens is 1. The number of rotatable bonds is 2. The number of hydrogen-bond acceptors (Lipinski definition) is 5. The summed E-state index contributed by atoms with van der Waals surface area (Å²) >= 11 is 2.37. The fourth-order valence-corrected chi connectivity index (χ4v) is 2.65. The molecule has 0 aliphatic carbocycles. The van der Waals surface area contributed by atoms with E-state index in [0.29, 0.717) is 7.11 Å². The summed E-state index contributed by atoms with van der Waals surface area (Å²) in [5.74, 6) is -1.59. The molecule has 0 aliphatic rings. The molecule has 0 N–H and O–H groups in total. The summed E-state index contributed by atoms with van der Waals surface area (Å²) in [5, 5.41) is -2.08. The van der Waals surface area contributed by atoms with Crippen LogP contribution in [0.2, 0.25) is 0 Å². The van der Waals surface area contributed by atoms with Crippen molar-refractivity contribution >= 4 is 31.7 Å². The Kier molecular flexibility index (Phi) is 4.82. The Bertz CT molecular complexity index is 712. The third-order valence-electron chi connectivity index (χ3n) is 2.17. The molecule has 124 valence electrons. The van der Waals surface area contributed by atoms with Gasteiger partial charge in [0, 0.05) is 4.47 Å². The van der Waals surface area contributed by atoms with Gasteiger partial charge in [-0.05, 0) is 22.0 Å². The number of ether oxygens (including phenoxy) is 1. The molecule has 1 aromatic heterocycles. The molecule has 13 heteroatoms. The fraction of sp³-hybridized carbons (Fsp3) is 0.333. The van der Waals surface area contributed by atoms with Crippen LogP contribution < -0.4 is 0 Å². The molecule has 22 heavy (non-hydrogen) atoms. The van der Waals surface area contributed by atoms with Gasteiger partial charge in [-0.25, -0.2) is 18.2 Å². The van der Waals surface area contributed by atoms with Crippen molar-refractivity contribution in [2.75, 3.05) is 7.11 Å². The molecule has 0 fully saturated rings. The lowest BCUT2D eigenvalue weighted by atomic mass is 10.2. The molecule has 1 heterocycles. The smallest absolute Gasteiger partial charge is 0.465 e. The molecule has 0 atom stereocenters. The van der Waals surface area contributed by atoms with E-state index in [9.17, 15) is 39.6 Å². The first kappa shape index (κ1) is 18.7. The van der Waals surface area contributed by atoms with Crippen molar-refractivity contribution in [3.05, 3.63) is 21.8 Å². The van der Waals surface area contributed by atoms with Gasteiger partial charge in [0.15, 0.2) is 10.7 Å². The van der Waals surface area contributed by atoms with Crippen LogP contribution in [0.5, 0.6) is 0 Å². The van der Waals surface area contributed by atoms with Crippen molar-refractivity contribution in [3.63, 3.8) is 0 Å². The normalized spacial score (nSPS) is 13.1. The maximum atomic E-state index is 12.6. The standard InChI is InChI=1S/C9H4BrF6NO4S/c1-21-7(18)3-2-4(10)5(8(11,12)13)17-6(3)22(19,20)9(14,15)16/h2H,1H3. The van der Waals surface area contributed by atoms with Gasteiger partial charge < -0.3 is 4.74 Å². The first-order chi connectivity index (χ1) is 9.73. The fourth-order valence-electron chi connectivity index (χ4n) is 1.24. The number of sulfone groups is 1. The first-order valence-corrected chi connectivity index (χ1v) is 7.18. The summed E-state index contributed by atoms with van der Waals surface area (Å²) in [6, 6.07) is 0.250. The van der Waals surface area contributed by atoms with Crippen LogP contribution in [0.3, 0.4) is 0 Å². The predicted molar refractivity (Wildman–Crippen MR) is 61.5 cm³/mol. The summed E-state index contributed by atoms with van der Waals surface area (Å²) in [5.41, 5.74) is -9.15. The van der Waals surface area contributed by atoms with E-state index in [4.69, 9.17) is 0 Å². The van der Waals surface area contributed by atoms with Crippen molar-refractivity contribution in [3.8, 4) is 0 Å². The number of alkyl halides is 6. The Morgan fingerprint density at radius 2 is 1.73 bits per heavy atom. The second kappa shape index (κ2) is 5.68. The Labute approximate surface area is 127 Å². The minimum Gasteiger partial charge on any atom is -0.465 e. The maximum Gasteiger partial charge on any atom is 0.503 e. The number of carbonyl (C=O) groups excluding carboxylic acids is 1. The van der Waals surface area contributed by atoms with Crippen molar-refractivity contribution < 1.29 is 44.3 Å². The maximum absolute atomic E-state index is 12.6. The highest BCUT2D eigenvalue weighted by Gasteiger charge is 2.51. The van der Waals surface area contributed by atoms with Gasteiger partial charge >= 0.3 is 17.7 Å². The predicted octanol–water partition coefficient (Wildman–Crippen LogP) is 2.94. The molecule has 0 bridgehead atoms. The van der Waals surface area contributed by atoms with Crippen LogP contribution in [-0.2, 0) is 20.8 Å². The number of methoxy groups -OCH3 is 1. The number of carbonyl (C=O) groups is 1. The molecular weight excluding hydrogens is 412 g/mol. The van der Waals surface area contributed by atoms with Crippen LogP contribution in [0.15, 0.2) is 15.6 Å². The van der Waals surface area contributed by atoms with Crippen LogP contribution in [0.25, 0.3) is 0 Å². The van der Waals surface area contributed by atoms with E-state index in [0.717, 1.165) is 0 Å². The number of esters is 1. The zero-order valence-corrected chi connectivity index (χ0v) is 12.6. The summed E-state index contributed by atoms with van der Waals surface area (Å²) < 4.78 is 101. The van der Waals surface area contributed by atoms with E-state index in [1.54, 1.807) is 0 Å². The van der Waals surface area contributed by atoms with Crippen LogP contribution in [-0.4, -0.2) is 32.0 Å². The van der Waals surface area contributed by atoms with Crippen LogP contribution in [0, 0.1) is 0 Å². The number of hydrogen-bond donors (Lipinski definition) is 0. The molecular formula is C9H4BrF6NO4S. The van der Waals surface area contributed by atoms with Crippen molar-refractivity contribution in [2.45, 2.75) is 16.7 Å². The van der Waals surface area contributed by atoms with Crippen molar-refractivity contribution in [2.24, 2.45) is 0 Å². The molecule has 0 aliphatic heterocycles. The number of nitrogens with zero attached hydrogens (tertiary/aromatic N) is 1. The molecule has 0 saturated carbocycles. The number of pyridine rings is 1. The average Bonchev–Trinajstić information content (AvgIpc) is 2.34. The molecule has 0 radical (unpaired) electrons. The Hall–Kier alpha value is -1.37. The van der Waals surface area contributed by atoms with Crippen LogP contribution in [0.1, 0.15) is 16.1 Å². The third kappa shape index (κ3) is 3.34. The zero-order chi connectivity index (χ0) is 17.5. The highest BCUT2D eigenvalue weighted by atomic mass is 79.9. The van der Waals surface area contributed by atoms with Crippen molar-refractivity contribution in [1.82, 2.24) is 4.98 Å². The van der Waals surface area contributed by atoms with E-state index in [2.05, 4.69) is 25.7 Å². The monoisotopic (exact) mass is 415 g/mol. The third-order valence-corrected chi connectivity index (χ3v) is 4.21. The van der Waals surface area contributed by atoms with Gasteiger partial charge in [-0.3, -0.25) is 0 Å². The van der Waals surface area contributed by atoms with Crippen molar-refractivity contribution in [1.29, 1.82) is 0 Å². The van der Waals surface area contributed by atoms with Gasteiger partial charge in [0.05, 0.1) is 12.7 Å². The highest BCUT2D eigenvalue weighted by molar-refractivity contribution is 9.10. The molecule has 0 unspecified atom stereocenters. The minimum atomic E-state index is -6.29. The van der Waals surface area contributed by atoms with Gasteiger partial charge in [0.2, 0.25) is 0 Å². The Morgan fingerprint density at radius 1 is 1.23 bits per heavy atom. The van der Waals surface area contributed by atoms with Crippen LogP contribution in [0.4, 0.5) is 26.3 Å². The topological polar surface area (TPSA) is 73.3 Å². The second-order valence-electron chi connectivity index (χ2n) is 3.61. The van der Waals surface area contributed by atoms with Gasteiger partial charge in [-0.15, -0.1) is 0 Å². The first-order valence-electron chi connectivity index (χ1n) is 4.91. The lowest BCUT2D eigenvalue weighted by Crippen LogP contribution is -2.28. The van der Waals surface area contributed by atoms with Crippen LogP contribution >= 0.6 is 15.9 Å². The lowest BCUT2D eigenvalue weighted by Gasteiger charge is -2.14. The molecule has 0 aromatic carbocycles. The van der Waals surface area contributed by atoms with E-state index < -0.39 is 48.2 Å². The molecule has 0 saturated heterocycles. The van der Waals surface area contributed by atoms with E-state index >= 15 is 0 Å². The van der Waals surface area contributed by atoms with Gasteiger partial charge in [0.1, 0.15) is 0 Å². The molecule has 1 aromatic rings. The lowest BCUT2D eigenvalue weighted by molar-refractivity contribution is -0.142. The largest absolute Gasteiger partial charge is 0.503 e. The summed E-state index contributed by atoms with van der Waals surface area (Å²) in [7, 11) is -5.59. The Morgan fingerprint density at radius 3 is 2.09 bits per heavy atom. The summed E-state index contributed by atoms with van der Waals surface area (Å²) in [6.07, 6.45) is -5.25. The summed E-state index contributed by atoms with van der Waals surface area (Å²) in [6.45, 7) is 0. The SMILES string of the molecule is COC(=O)c1cc(Br)c(C(F)(F)F)nc1S(=O)(=O)C(F)(F)F. The minimum absolute atomic E-state index is 0.250. The second-order valence-corrected chi connectivity index (χ2v) is 6.32. The van der Waals surface area contributed by atoms with E-state index in [1.165, 1.54) is 0 Å². The van der Waals surface area contributed by atoms with E-state index in [1.807, 2.05) is 0 Å². The molecule has 0 amide bonds. The summed E-state index contributed by atoms with van der Waals surface area (Å²) in [4.78, 5) is 13.8. The van der Waals surface area contributed by atoms with Gasteiger partial charge in [-0.2, -0.15) is 26.3 Å². The quantitative estimate of drug-likeness (QED) is 0.548. The average molecular weight is 416 g/mol. The number of halogens is 7.